The maximum atomic E-state index is 13.3. The molecule has 2 saturated heterocycles. The minimum atomic E-state index is -0.347. The molecule has 0 radical (unpaired) electrons. The van der Waals surface area contributed by atoms with Gasteiger partial charge in [-0.25, -0.2) is 4.39 Å². The van der Waals surface area contributed by atoms with Crippen molar-refractivity contribution in [3.8, 4) is 0 Å². The van der Waals surface area contributed by atoms with Crippen molar-refractivity contribution in [2.45, 2.75) is 64.3 Å². The molecule has 1 aromatic carbocycles. The number of piperidine rings is 1. The van der Waals surface area contributed by atoms with Gasteiger partial charge in [0, 0.05) is 11.6 Å². The lowest BCUT2D eigenvalue weighted by Crippen LogP contribution is -2.51. The number of amides is 1. The minimum Gasteiger partial charge on any atom is -0.370 e. The standard InChI is InChI=1S/C22H25FN2O2/c1-14-3-4-15(2)19(11-14)22(26)25-18-7-9-20(25)21(10-8-18)27-13-17-6-5-16(23)12-24-17/h3-6,11-12,18,20-21H,7-10,13H2,1-2H3/t18-,20?,21-/m0/s1. The number of carbonyl (C=O) groups excluding carboxylic acids is 1. The van der Waals surface area contributed by atoms with Crippen molar-refractivity contribution in [2.75, 3.05) is 0 Å². The van der Waals surface area contributed by atoms with E-state index in [1.807, 2.05) is 32.0 Å². The van der Waals surface area contributed by atoms with Crippen molar-refractivity contribution in [3.05, 3.63) is 64.7 Å². The first-order valence-electron chi connectivity index (χ1n) is 9.65. The first-order chi connectivity index (χ1) is 13.0. The molecule has 1 amide bonds. The highest BCUT2D eigenvalue weighted by atomic mass is 19.1. The molecule has 3 atom stereocenters. The molecule has 1 unspecified atom stereocenters. The van der Waals surface area contributed by atoms with Gasteiger partial charge in [0.1, 0.15) is 5.82 Å². The summed E-state index contributed by atoms with van der Waals surface area (Å²) in [6, 6.07) is 9.51. The number of ether oxygens (including phenoxy) is 1. The van der Waals surface area contributed by atoms with Gasteiger partial charge in [-0.3, -0.25) is 9.78 Å². The molecule has 1 aromatic heterocycles. The third kappa shape index (κ3) is 3.61. The van der Waals surface area contributed by atoms with Crippen LogP contribution in [0, 0.1) is 19.7 Å². The molecular weight excluding hydrogens is 343 g/mol. The third-order valence-electron chi connectivity index (χ3n) is 5.85. The second kappa shape index (κ2) is 7.39. The van der Waals surface area contributed by atoms with Crippen molar-refractivity contribution in [2.24, 2.45) is 0 Å². The van der Waals surface area contributed by atoms with Gasteiger partial charge >= 0.3 is 0 Å². The number of nitrogens with zero attached hydrogens (tertiary/aromatic N) is 2. The van der Waals surface area contributed by atoms with E-state index in [1.165, 1.54) is 12.3 Å². The van der Waals surface area contributed by atoms with Crippen LogP contribution in [0.3, 0.4) is 0 Å². The van der Waals surface area contributed by atoms with Crippen LogP contribution in [0.5, 0.6) is 0 Å². The highest BCUT2D eigenvalue weighted by Gasteiger charge is 2.45. The third-order valence-corrected chi connectivity index (χ3v) is 5.85. The summed E-state index contributed by atoms with van der Waals surface area (Å²) in [6.45, 7) is 4.35. The summed E-state index contributed by atoms with van der Waals surface area (Å²) in [5, 5.41) is 0. The van der Waals surface area contributed by atoms with Gasteiger partial charge in [-0.05, 0) is 63.3 Å². The zero-order valence-corrected chi connectivity index (χ0v) is 15.8. The van der Waals surface area contributed by atoms with Gasteiger partial charge in [0.25, 0.3) is 5.91 Å². The molecule has 0 aliphatic carbocycles. The average molecular weight is 368 g/mol. The maximum absolute atomic E-state index is 13.3. The number of hydrogen-bond acceptors (Lipinski definition) is 3. The van der Waals surface area contributed by atoms with Crippen molar-refractivity contribution >= 4 is 5.91 Å². The van der Waals surface area contributed by atoms with E-state index in [0.717, 1.165) is 42.4 Å². The number of aryl methyl sites for hydroxylation is 2. The number of hydrogen-bond donors (Lipinski definition) is 0. The monoisotopic (exact) mass is 368 g/mol. The molecule has 0 N–H and O–H groups in total. The Morgan fingerprint density at radius 3 is 2.78 bits per heavy atom. The van der Waals surface area contributed by atoms with Crippen LogP contribution in [0.25, 0.3) is 0 Å². The number of halogens is 1. The Kier molecular flexibility index (Phi) is 4.96. The fourth-order valence-corrected chi connectivity index (χ4v) is 4.41. The number of benzene rings is 1. The number of rotatable bonds is 4. The summed E-state index contributed by atoms with van der Waals surface area (Å²) in [6.07, 6.45) is 5.15. The number of carbonyl (C=O) groups is 1. The lowest BCUT2D eigenvalue weighted by molar-refractivity contribution is -0.0398. The van der Waals surface area contributed by atoms with Gasteiger partial charge in [0.15, 0.2) is 0 Å². The summed E-state index contributed by atoms with van der Waals surface area (Å²) in [5.74, 6) is -0.225. The molecule has 0 saturated carbocycles. The Morgan fingerprint density at radius 2 is 2.00 bits per heavy atom. The zero-order valence-electron chi connectivity index (χ0n) is 15.8. The summed E-state index contributed by atoms with van der Waals surface area (Å²) in [4.78, 5) is 19.4. The van der Waals surface area contributed by atoms with Crippen LogP contribution < -0.4 is 0 Å². The van der Waals surface area contributed by atoms with E-state index in [4.69, 9.17) is 4.74 Å². The first-order valence-corrected chi connectivity index (χ1v) is 9.65. The molecule has 2 fully saturated rings. The molecule has 2 aromatic rings. The van der Waals surface area contributed by atoms with Crippen molar-refractivity contribution in [1.29, 1.82) is 0 Å². The highest BCUT2D eigenvalue weighted by Crippen LogP contribution is 2.38. The molecule has 2 bridgehead atoms. The van der Waals surface area contributed by atoms with Gasteiger partial charge in [0.05, 0.1) is 30.6 Å². The fourth-order valence-electron chi connectivity index (χ4n) is 4.41. The van der Waals surface area contributed by atoms with Gasteiger partial charge in [0.2, 0.25) is 0 Å². The van der Waals surface area contributed by atoms with Crippen LogP contribution in [-0.4, -0.2) is 34.0 Å². The van der Waals surface area contributed by atoms with Crippen molar-refractivity contribution in [3.63, 3.8) is 0 Å². The maximum Gasteiger partial charge on any atom is 0.254 e. The highest BCUT2D eigenvalue weighted by molar-refractivity contribution is 5.96. The van der Waals surface area contributed by atoms with Crippen LogP contribution in [0.4, 0.5) is 4.39 Å². The predicted octanol–water partition coefficient (Wildman–Crippen LogP) is 4.19. The van der Waals surface area contributed by atoms with Crippen molar-refractivity contribution in [1.82, 2.24) is 9.88 Å². The van der Waals surface area contributed by atoms with Crippen LogP contribution >= 0.6 is 0 Å². The molecule has 142 valence electrons. The Labute approximate surface area is 159 Å². The Bertz CT molecular complexity index is 837. The molecule has 2 aliphatic heterocycles. The molecule has 3 heterocycles. The van der Waals surface area contributed by atoms with Gasteiger partial charge in [-0.1, -0.05) is 17.7 Å². The molecular formula is C22H25FN2O2. The number of aromatic nitrogens is 1. The number of pyridine rings is 1. The van der Waals surface area contributed by atoms with Crippen LogP contribution in [0.1, 0.15) is 52.9 Å². The minimum absolute atomic E-state index is 0.00432. The topological polar surface area (TPSA) is 42.4 Å². The van der Waals surface area contributed by atoms with Crippen LogP contribution in [0.2, 0.25) is 0 Å². The second-order valence-corrected chi connectivity index (χ2v) is 7.72. The Morgan fingerprint density at radius 1 is 1.19 bits per heavy atom. The smallest absolute Gasteiger partial charge is 0.254 e. The normalized spacial score (nSPS) is 24.3. The Hall–Kier alpha value is -2.27. The number of fused-ring (bicyclic) bond motifs is 2. The molecule has 4 rings (SSSR count). The average Bonchev–Trinajstić information content (AvgIpc) is 2.98. The summed E-state index contributed by atoms with van der Waals surface area (Å²) in [5.41, 5.74) is 3.63. The fraction of sp³-hybridized carbons (Fsp3) is 0.455. The van der Waals surface area contributed by atoms with E-state index in [1.54, 1.807) is 6.07 Å². The van der Waals surface area contributed by atoms with Gasteiger partial charge < -0.3 is 9.64 Å². The molecule has 27 heavy (non-hydrogen) atoms. The summed E-state index contributed by atoms with van der Waals surface area (Å²) < 4.78 is 19.1. The molecule has 4 nitrogen and oxygen atoms in total. The SMILES string of the molecule is Cc1ccc(C)c(C(=O)N2C3CC[C@H]2CC[C@@H]3OCc2ccc(F)cn2)c1. The summed E-state index contributed by atoms with van der Waals surface area (Å²) in [7, 11) is 0. The van der Waals surface area contributed by atoms with Crippen molar-refractivity contribution < 1.29 is 13.9 Å². The van der Waals surface area contributed by atoms with E-state index in [0.29, 0.717) is 18.3 Å². The lowest BCUT2D eigenvalue weighted by Gasteiger charge is -2.40. The van der Waals surface area contributed by atoms with E-state index in [-0.39, 0.29) is 23.9 Å². The second-order valence-electron chi connectivity index (χ2n) is 7.72. The predicted molar refractivity (Wildman–Crippen MR) is 101 cm³/mol. The lowest BCUT2D eigenvalue weighted by atomic mass is 9.96. The van der Waals surface area contributed by atoms with E-state index in [2.05, 4.69) is 9.88 Å². The van der Waals surface area contributed by atoms with Gasteiger partial charge in [-0.15, -0.1) is 0 Å². The van der Waals surface area contributed by atoms with E-state index >= 15 is 0 Å². The summed E-state index contributed by atoms with van der Waals surface area (Å²) >= 11 is 0. The zero-order chi connectivity index (χ0) is 19.0. The van der Waals surface area contributed by atoms with E-state index in [9.17, 15) is 9.18 Å². The molecule has 2 aliphatic rings. The van der Waals surface area contributed by atoms with Gasteiger partial charge in [-0.2, -0.15) is 0 Å². The quantitative estimate of drug-likeness (QED) is 0.813. The largest absolute Gasteiger partial charge is 0.370 e. The van der Waals surface area contributed by atoms with E-state index < -0.39 is 0 Å². The molecule has 5 heteroatoms. The van der Waals surface area contributed by atoms with Crippen LogP contribution in [-0.2, 0) is 11.3 Å². The van der Waals surface area contributed by atoms with Crippen LogP contribution in [0.15, 0.2) is 36.5 Å². The molecule has 0 spiro atoms. The Balaban J connectivity index is 1.50. The first kappa shape index (κ1) is 18.1.